The first kappa shape index (κ1) is 12.3. The fourth-order valence-corrected chi connectivity index (χ4v) is 3.59. The molecule has 1 N–H and O–H groups in total. The Labute approximate surface area is 98.3 Å². The monoisotopic (exact) mass is 246 g/mol. The molecular weight excluding hydrogens is 224 g/mol. The smallest absolute Gasteiger partial charge is 0.148 e. The van der Waals surface area contributed by atoms with Crippen LogP contribution in [0.2, 0.25) is 0 Å². The third-order valence-electron chi connectivity index (χ3n) is 3.95. The van der Waals surface area contributed by atoms with Gasteiger partial charge in [-0.1, -0.05) is 12.8 Å². The second-order valence-electron chi connectivity index (χ2n) is 5.23. The van der Waals surface area contributed by atoms with Crippen LogP contribution in [0.15, 0.2) is 0 Å². The molecule has 4 nitrogen and oxygen atoms in total. The van der Waals surface area contributed by atoms with Crippen molar-refractivity contribution in [2.75, 3.05) is 38.2 Å². The number of rotatable bonds is 3. The molecule has 0 aromatic heterocycles. The van der Waals surface area contributed by atoms with E-state index in [-0.39, 0.29) is 5.54 Å². The molecule has 0 radical (unpaired) electrons. The van der Waals surface area contributed by atoms with Crippen molar-refractivity contribution in [3.05, 3.63) is 0 Å². The van der Waals surface area contributed by atoms with Gasteiger partial charge in [0.2, 0.25) is 0 Å². The highest BCUT2D eigenvalue weighted by molar-refractivity contribution is 7.90. The zero-order chi connectivity index (χ0) is 11.6. The van der Waals surface area contributed by atoms with Crippen molar-refractivity contribution in [2.24, 2.45) is 0 Å². The Balaban J connectivity index is 2.00. The van der Waals surface area contributed by atoms with Crippen LogP contribution in [0.1, 0.15) is 25.7 Å². The Morgan fingerprint density at radius 2 is 2.00 bits per heavy atom. The van der Waals surface area contributed by atoms with Gasteiger partial charge in [-0.05, 0) is 12.8 Å². The Kier molecular flexibility index (Phi) is 3.56. The van der Waals surface area contributed by atoms with Gasteiger partial charge in [0.05, 0.1) is 5.75 Å². The van der Waals surface area contributed by atoms with Gasteiger partial charge in [0.1, 0.15) is 9.84 Å². The lowest BCUT2D eigenvalue weighted by Gasteiger charge is -2.45. The van der Waals surface area contributed by atoms with E-state index in [4.69, 9.17) is 0 Å². The van der Waals surface area contributed by atoms with E-state index >= 15 is 0 Å². The van der Waals surface area contributed by atoms with Gasteiger partial charge < -0.3 is 5.32 Å². The van der Waals surface area contributed by atoms with E-state index in [1.165, 1.54) is 31.9 Å². The molecule has 1 saturated heterocycles. The van der Waals surface area contributed by atoms with Crippen molar-refractivity contribution in [3.63, 3.8) is 0 Å². The van der Waals surface area contributed by atoms with E-state index in [0.717, 1.165) is 19.6 Å². The third-order valence-corrected chi connectivity index (χ3v) is 4.87. The van der Waals surface area contributed by atoms with Crippen LogP contribution in [0.5, 0.6) is 0 Å². The summed E-state index contributed by atoms with van der Waals surface area (Å²) in [5.74, 6) is 0.300. The van der Waals surface area contributed by atoms with Crippen LogP contribution in [0.4, 0.5) is 0 Å². The van der Waals surface area contributed by atoms with Crippen molar-refractivity contribution >= 4 is 9.84 Å². The molecule has 2 rings (SSSR count). The standard InChI is InChI=1S/C11H22N2O2S/c1-16(14,15)9-8-13-7-6-12-10-11(13)4-2-3-5-11/h12H,2-10H2,1H3. The molecular formula is C11H22N2O2S. The Bertz CT molecular complexity index is 334. The molecule has 2 aliphatic rings. The molecule has 1 saturated carbocycles. The topological polar surface area (TPSA) is 49.4 Å². The summed E-state index contributed by atoms with van der Waals surface area (Å²) >= 11 is 0. The number of piperazine rings is 1. The summed E-state index contributed by atoms with van der Waals surface area (Å²) < 4.78 is 22.5. The summed E-state index contributed by atoms with van der Waals surface area (Å²) in [6, 6.07) is 0. The summed E-state index contributed by atoms with van der Waals surface area (Å²) in [4.78, 5) is 2.41. The minimum absolute atomic E-state index is 0.267. The molecule has 0 aromatic carbocycles. The van der Waals surface area contributed by atoms with Crippen LogP contribution in [-0.4, -0.2) is 57.0 Å². The Morgan fingerprint density at radius 3 is 2.62 bits per heavy atom. The lowest BCUT2D eigenvalue weighted by Crippen LogP contribution is -2.60. The van der Waals surface area contributed by atoms with Crippen molar-refractivity contribution in [3.8, 4) is 0 Å². The second-order valence-corrected chi connectivity index (χ2v) is 7.48. The van der Waals surface area contributed by atoms with E-state index in [9.17, 15) is 8.42 Å². The highest BCUT2D eigenvalue weighted by Crippen LogP contribution is 2.35. The summed E-state index contributed by atoms with van der Waals surface area (Å²) in [6.45, 7) is 3.73. The molecule has 5 heteroatoms. The molecule has 0 aromatic rings. The summed E-state index contributed by atoms with van der Waals surface area (Å²) in [5, 5.41) is 3.45. The van der Waals surface area contributed by atoms with E-state index < -0.39 is 9.84 Å². The van der Waals surface area contributed by atoms with E-state index in [0.29, 0.717) is 12.3 Å². The molecule has 94 valence electrons. The predicted molar refractivity (Wildman–Crippen MR) is 65.4 cm³/mol. The number of nitrogens with zero attached hydrogens (tertiary/aromatic N) is 1. The quantitative estimate of drug-likeness (QED) is 0.775. The van der Waals surface area contributed by atoms with Crippen molar-refractivity contribution in [1.29, 1.82) is 0 Å². The normalized spacial score (nSPS) is 26.3. The number of hydrogen-bond donors (Lipinski definition) is 1. The van der Waals surface area contributed by atoms with Gasteiger partial charge in [0.15, 0.2) is 0 Å². The van der Waals surface area contributed by atoms with Crippen molar-refractivity contribution in [2.45, 2.75) is 31.2 Å². The summed E-state index contributed by atoms with van der Waals surface area (Å²) in [5.41, 5.74) is 0.267. The largest absolute Gasteiger partial charge is 0.314 e. The average Bonchev–Trinajstić information content (AvgIpc) is 2.65. The first-order chi connectivity index (χ1) is 7.52. The van der Waals surface area contributed by atoms with Gasteiger partial charge in [-0.2, -0.15) is 0 Å². The van der Waals surface area contributed by atoms with Crippen molar-refractivity contribution < 1.29 is 8.42 Å². The van der Waals surface area contributed by atoms with Gasteiger partial charge in [-0.3, -0.25) is 4.90 Å². The Hall–Kier alpha value is -0.130. The molecule has 0 unspecified atom stereocenters. The Morgan fingerprint density at radius 1 is 1.31 bits per heavy atom. The molecule has 16 heavy (non-hydrogen) atoms. The van der Waals surface area contributed by atoms with Gasteiger partial charge in [0, 0.05) is 38.0 Å². The molecule has 1 aliphatic heterocycles. The van der Waals surface area contributed by atoms with Crippen LogP contribution in [0.25, 0.3) is 0 Å². The predicted octanol–water partition coefficient (Wildman–Crippen LogP) is 0.249. The fourth-order valence-electron chi connectivity index (χ4n) is 3.04. The zero-order valence-electron chi connectivity index (χ0n) is 10.0. The van der Waals surface area contributed by atoms with Crippen molar-refractivity contribution in [1.82, 2.24) is 10.2 Å². The molecule has 1 heterocycles. The first-order valence-corrected chi connectivity index (χ1v) is 8.21. The third kappa shape index (κ3) is 2.76. The number of sulfone groups is 1. The SMILES string of the molecule is CS(=O)(=O)CCN1CCNCC12CCCC2. The average molecular weight is 246 g/mol. The van der Waals surface area contributed by atoms with Crippen LogP contribution >= 0.6 is 0 Å². The summed E-state index contributed by atoms with van der Waals surface area (Å²) in [6.07, 6.45) is 6.36. The molecule has 2 fully saturated rings. The molecule has 0 amide bonds. The number of nitrogens with one attached hydrogen (secondary N) is 1. The zero-order valence-corrected chi connectivity index (χ0v) is 10.9. The van der Waals surface area contributed by atoms with E-state index in [2.05, 4.69) is 10.2 Å². The number of hydrogen-bond acceptors (Lipinski definition) is 4. The lowest BCUT2D eigenvalue weighted by molar-refractivity contribution is 0.0715. The van der Waals surface area contributed by atoms with Gasteiger partial charge in [-0.15, -0.1) is 0 Å². The second kappa shape index (κ2) is 4.63. The molecule has 0 bridgehead atoms. The fraction of sp³-hybridized carbons (Fsp3) is 1.00. The van der Waals surface area contributed by atoms with Crippen LogP contribution in [0, 0.1) is 0 Å². The highest BCUT2D eigenvalue weighted by Gasteiger charge is 2.40. The van der Waals surface area contributed by atoms with Gasteiger partial charge >= 0.3 is 0 Å². The van der Waals surface area contributed by atoms with Gasteiger partial charge in [0.25, 0.3) is 0 Å². The van der Waals surface area contributed by atoms with E-state index in [1.807, 2.05) is 0 Å². The van der Waals surface area contributed by atoms with E-state index in [1.54, 1.807) is 0 Å². The minimum atomic E-state index is -2.83. The molecule has 1 aliphatic carbocycles. The first-order valence-electron chi connectivity index (χ1n) is 6.15. The lowest BCUT2D eigenvalue weighted by atomic mass is 9.93. The maximum absolute atomic E-state index is 11.2. The highest BCUT2D eigenvalue weighted by atomic mass is 32.2. The van der Waals surface area contributed by atoms with Crippen LogP contribution in [0.3, 0.4) is 0 Å². The minimum Gasteiger partial charge on any atom is -0.314 e. The maximum Gasteiger partial charge on any atom is 0.148 e. The maximum atomic E-state index is 11.2. The molecule has 0 atom stereocenters. The van der Waals surface area contributed by atoms with Gasteiger partial charge in [-0.25, -0.2) is 8.42 Å². The summed E-state index contributed by atoms with van der Waals surface area (Å²) in [7, 11) is -2.83. The van der Waals surface area contributed by atoms with Crippen LogP contribution < -0.4 is 5.32 Å². The molecule has 1 spiro atoms. The van der Waals surface area contributed by atoms with Crippen LogP contribution in [-0.2, 0) is 9.84 Å².